The second kappa shape index (κ2) is 6.63. The van der Waals surface area contributed by atoms with Crippen LogP contribution in [-0.2, 0) is 6.54 Å². The van der Waals surface area contributed by atoms with E-state index in [0.717, 1.165) is 12.2 Å². The fourth-order valence-electron chi connectivity index (χ4n) is 1.76. The Labute approximate surface area is 111 Å². The zero-order chi connectivity index (χ0) is 13.7. The van der Waals surface area contributed by atoms with Gasteiger partial charge in [-0.25, -0.2) is 4.68 Å². The van der Waals surface area contributed by atoms with Crippen LogP contribution in [0.1, 0.15) is 26.0 Å². The normalized spacial score (nSPS) is 12.4. The maximum absolute atomic E-state index is 11.1. The summed E-state index contributed by atoms with van der Waals surface area (Å²) in [6, 6.07) is 0.192. The first-order chi connectivity index (χ1) is 8.51. The Balaban J connectivity index is 2.94. The number of anilines is 1. The van der Waals surface area contributed by atoms with Crippen molar-refractivity contribution in [3.8, 4) is 0 Å². The fraction of sp³-hybridized carbons (Fsp3) is 0.727. The molecule has 1 heterocycles. The number of aromatic nitrogens is 2. The minimum absolute atomic E-state index is 0.0906. The molecule has 0 amide bonds. The molecule has 0 radical (unpaired) electrons. The van der Waals surface area contributed by atoms with Gasteiger partial charge in [0.05, 0.1) is 4.92 Å². The lowest BCUT2D eigenvalue weighted by Gasteiger charge is -2.14. The zero-order valence-electron chi connectivity index (χ0n) is 11.3. The second-order valence-corrected chi connectivity index (χ2v) is 5.17. The molecule has 0 spiro atoms. The molecule has 102 valence electrons. The lowest BCUT2D eigenvalue weighted by atomic mass is 10.2. The van der Waals surface area contributed by atoms with Gasteiger partial charge in [-0.2, -0.15) is 16.9 Å². The molecular formula is C11H20N4O2S. The third-order valence-electron chi connectivity index (χ3n) is 2.72. The lowest BCUT2D eigenvalue weighted by molar-refractivity contribution is -0.384. The summed E-state index contributed by atoms with van der Waals surface area (Å²) < 4.78 is 1.66. The Morgan fingerprint density at radius 1 is 1.61 bits per heavy atom. The van der Waals surface area contributed by atoms with Gasteiger partial charge in [-0.1, -0.05) is 0 Å². The van der Waals surface area contributed by atoms with E-state index in [-0.39, 0.29) is 16.7 Å². The quantitative estimate of drug-likeness (QED) is 0.610. The van der Waals surface area contributed by atoms with Crippen LogP contribution in [0.3, 0.4) is 0 Å². The van der Waals surface area contributed by atoms with E-state index in [9.17, 15) is 10.1 Å². The average Bonchev–Trinajstić information content (AvgIpc) is 2.62. The summed E-state index contributed by atoms with van der Waals surface area (Å²) in [5, 5.41) is 18.5. The van der Waals surface area contributed by atoms with Crippen LogP contribution in [0.4, 0.5) is 11.5 Å². The van der Waals surface area contributed by atoms with E-state index in [0.29, 0.717) is 18.1 Å². The summed E-state index contributed by atoms with van der Waals surface area (Å²) in [4.78, 5) is 10.7. The van der Waals surface area contributed by atoms with Crippen molar-refractivity contribution < 1.29 is 4.92 Å². The molecule has 0 aromatic carbocycles. The van der Waals surface area contributed by atoms with Gasteiger partial charge in [-0.15, -0.1) is 0 Å². The van der Waals surface area contributed by atoms with Crippen LogP contribution in [0, 0.1) is 17.0 Å². The topological polar surface area (TPSA) is 73.0 Å². The molecule has 0 saturated heterocycles. The van der Waals surface area contributed by atoms with Gasteiger partial charge in [0.25, 0.3) is 0 Å². The van der Waals surface area contributed by atoms with Gasteiger partial charge in [-0.3, -0.25) is 10.1 Å². The first-order valence-corrected chi connectivity index (χ1v) is 7.37. The van der Waals surface area contributed by atoms with E-state index in [1.165, 1.54) is 0 Å². The summed E-state index contributed by atoms with van der Waals surface area (Å²) in [7, 11) is 0. The van der Waals surface area contributed by atoms with Crippen LogP contribution in [0.25, 0.3) is 0 Å². The third kappa shape index (κ3) is 3.38. The second-order valence-electron chi connectivity index (χ2n) is 4.18. The van der Waals surface area contributed by atoms with Crippen molar-refractivity contribution in [1.29, 1.82) is 0 Å². The molecule has 1 atom stereocenters. The van der Waals surface area contributed by atoms with E-state index < -0.39 is 0 Å². The smallest absolute Gasteiger partial charge is 0.333 e. The molecule has 0 saturated carbocycles. The average molecular weight is 272 g/mol. The summed E-state index contributed by atoms with van der Waals surface area (Å²) in [6.45, 7) is 6.24. The van der Waals surface area contributed by atoms with Gasteiger partial charge in [0.15, 0.2) is 0 Å². The monoisotopic (exact) mass is 272 g/mol. The van der Waals surface area contributed by atoms with Crippen molar-refractivity contribution in [3.05, 3.63) is 15.8 Å². The van der Waals surface area contributed by atoms with Gasteiger partial charge in [-0.05, 0) is 39.2 Å². The van der Waals surface area contributed by atoms with Crippen LogP contribution >= 0.6 is 11.8 Å². The van der Waals surface area contributed by atoms with E-state index >= 15 is 0 Å². The zero-order valence-corrected chi connectivity index (χ0v) is 12.1. The number of rotatable bonds is 7. The highest BCUT2D eigenvalue weighted by Crippen LogP contribution is 2.29. The van der Waals surface area contributed by atoms with Gasteiger partial charge >= 0.3 is 5.69 Å². The van der Waals surface area contributed by atoms with Crippen molar-refractivity contribution in [1.82, 2.24) is 9.78 Å². The SMILES string of the molecule is CCn1nc(C)c([N+](=O)[O-])c1NC(C)CCSC. The van der Waals surface area contributed by atoms with Crippen LogP contribution in [-0.4, -0.2) is 32.8 Å². The van der Waals surface area contributed by atoms with Gasteiger partial charge in [0, 0.05) is 12.6 Å². The fourth-order valence-corrected chi connectivity index (χ4v) is 2.35. The number of hydrogen-bond acceptors (Lipinski definition) is 5. The van der Waals surface area contributed by atoms with E-state index in [1.54, 1.807) is 23.4 Å². The third-order valence-corrected chi connectivity index (χ3v) is 3.36. The molecule has 6 nitrogen and oxygen atoms in total. The molecule has 0 aliphatic heterocycles. The Hall–Kier alpha value is -1.24. The first kappa shape index (κ1) is 14.8. The molecular weight excluding hydrogens is 252 g/mol. The van der Waals surface area contributed by atoms with Crippen molar-refractivity contribution in [3.63, 3.8) is 0 Å². The molecule has 0 aliphatic rings. The maximum atomic E-state index is 11.1. The van der Waals surface area contributed by atoms with Crippen LogP contribution in [0.15, 0.2) is 0 Å². The molecule has 1 aromatic rings. The van der Waals surface area contributed by atoms with E-state index in [4.69, 9.17) is 0 Å². The molecule has 7 heteroatoms. The Bertz CT molecular complexity index is 419. The van der Waals surface area contributed by atoms with Crippen molar-refractivity contribution >= 4 is 23.3 Å². The summed E-state index contributed by atoms with van der Waals surface area (Å²) in [6.07, 6.45) is 3.02. The van der Waals surface area contributed by atoms with Crippen LogP contribution in [0.5, 0.6) is 0 Å². The first-order valence-electron chi connectivity index (χ1n) is 5.98. The number of thioether (sulfide) groups is 1. The summed E-state index contributed by atoms with van der Waals surface area (Å²) in [5.74, 6) is 1.55. The highest BCUT2D eigenvalue weighted by Gasteiger charge is 2.25. The van der Waals surface area contributed by atoms with Crippen molar-refractivity contribution in [2.45, 2.75) is 39.8 Å². The van der Waals surface area contributed by atoms with Crippen molar-refractivity contribution in [2.24, 2.45) is 0 Å². The molecule has 0 bridgehead atoms. The molecule has 1 aromatic heterocycles. The molecule has 1 N–H and O–H groups in total. The minimum Gasteiger partial charge on any atom is -0.362 e. The predicted octanol–water partition coefficient (Wildman–Crippen LogP) is 2.67. The molecule has 0 aliphatic carbocycles. The number of nitrogens with zero attached hydrogens (tertiary/aromatic N) is 3. The standard InChI is InChI=1S/C11H20N4O2S/c1-5-14-11(12-8(2)6-7-18-4)10(15(16)17)9(3)13-14/h8,12H,5-7H2,1-4H3. The maximum Gasteiger partial charge on any atom is 0.333 e. The Kier molecular flexibility index (Phi) is 5.46. The number of aryl methyl sites for hydroxylation is 2. The van der Waals surface area contributed by atoms with Gasteiger partial charge in [0.1, 0.15) is 5.69 Å². The Morgan fingerprint density at radius 3 is 2.78 bits per heavy atom. The largest absolute Gasteiger partial charge is 0.362 e. The number of nitro groups is 1. The molecule has 18 heavy (non-hydrogen) atoms. The highest BCUT2D eigenvalue weighted by molar-refractivity contribution is 7.98. The number of nitrogens with one attached hydrogen (secondary N) is 1. The summed E-state index contributed by atoms with van der Waals surface area (Å²) >= 11 is 1.77. The van der Waals surface area contributed by atoms with Crippen molar-refractivity contribution in [2.75, 3.05) is 17.3 Å². The van der Waals surface area contributed by atoms with E-state index in [2.05, 4.69) is 16.7 Å². The van der Waals surface area contributed by atoms with Crippen LogP contribution < -0.4 is 5.32 Å². The predicted molar refractivity (Wildman–Crippen MR) is 75.4 cm³/mol. The highest BCUT2D eigenvalue weighted by atomic mass is 32.2. The minimum atomic E-state index is -0.363. The molecule has 1 rings (SSSR count). The van der Waals surface area contributed by atoms with Gasteiger partial charge < -0.3 is 5.32 Å². The summed E-state index contributed by atoms with van der Waals surface area (Å²) in [5.41, 5.74) is 0.550. The van der Waals surface area contributed by atoms with Crippen LogP contribution in [0.2, 0.25) is 0 Å². The molecule has 0 fully saturated rings. The molecule has 1 unspecified atom stereocenters. The Morgan fingerprint density at radius 2 is 2.28 bits per heavy atom. The van der Waals surface area contributed by atoms with Gasteiger partial charge in [0.2, 0.25) is 5.82 Å². The lowest BCUT2D eigenvalue weighted by Crippen LogP contribution is -2.19. The number of hydrogen-bond donors (Lipinski definition) is 1. The van der Waals surface area contributed by atoms with E-state index in [1.807, 2.05) is 13.8 Å².